The number of fused-ring (bicyclic) bond motifs is 3. The van der Waals surface area contributed by atoms with Gasteiger partial charge in [-0.3, -0.25) is 9.30 Å². The van der Waals surface area contributed by atoms with Crippen molar-refractivity contribution in [2.45, 2.75) is 64.3 Å². The van der Waals surface area contributed by atoms with E-state index in [0.29, 0.717) is 24.2 Å². The molecular formula is C28H33N7. The van der Waals surface area contributed by atoms with Gasteiger partial charge in [0.05, 0.1) is 5.69 Å². The van der Waals surface area contributed by atoms with E-state index in [1.54, 1.807) is 0 Å². The Balaban J connectivity index is 1.33. The molecule has 7 nitrogen and oxygen atoms in total. The van der Waals surface area contributed by atoms with E-state index in [-0.39, 0.29) is 6.04 Å². The van der Waals surface area contributed by atoms with Gasteiger partial charge in [-0.15, -0.1) is 0 Å². The number of hydrogen-bond donors (Lipinski definition) is 1. The molecular weight excluding hydrogens is 434 g/mol. The van der Waals surface area contributed by atoms with Gasteiger partial charge in [-0.05, 0) is 51.8 Å². The first-order valence-electron chi connectivity index (χ1n) is 12.7. The zero-order chi connectivity index (χ0) is 24.1. The van der Waals surface area contributed by atoms with E-state index in [4.69, 9.17) is 4.98 Å². The quantitative estimate of drug-likeness (QED) is 0.429. The van der Waals surface area contributed by atoms with Crippen LogP contribution in [0.3, 0.4) is 0 Å². The molecule has 7 heteroatoms. The first kappa shape index (κ1) is 22.0. The van der Waals surface area contributed by atoms with Crippen LogP contribution in [0.25, 0.3) is 16.9 Å². The van der Waals surface area contributed by atoms with Crippen LogP contribution in [-0.2, 0) is 0 Å². The largest absolute Gasteiger partial charge is 0.364 e. The van der Waals surface area contributed by atoms with Crippen LogP contribution < -0.4 is 10.2 Å². The number of pyridine rings is 1. The number of rotatable bonds is 6. The summed E-state index contributed by atoms with van der Waals surface area (Å²) in [5.74, 6) is 1.83. The third-order valence-corrected chi connectivity index (χ3v) is 7.71. The second kappa shape index (κ2) is 8.64. The van der Waals surface area contributed by atoms with Gasteiger partial charge < -0.3 is 10.2 Å². The maximum atomic E-state index is 5.20. The normalized spacial score (nSPS) is 22.9. The zero-order valence-corrected chi connectivity index (χ0v) is 20.8. The monoisotopic (exact) mass is 467 g/mol. The van der Waals surface area contributed by atoms with Crippen LogP contribution in [0.4, 0.5) is 11.8 Å². The molecule has 2 bridgehead atoms. The molecule has 1 aromatic carbocycles. The van der Waals surface area contributed by atoms with Gasteiger partial charge in [-0.2, -0.15) is 0 Å². The Morgan fingerprint density at radius 3 is 2.60 bits per heavy atom. The van der Waals surface area contributed by atoms with Gasteiger partial charge in [-0.25, -0.2) is 15.0 Å². The fraction of sp³-hybridized carbons (Fsp3) is 0.393. The highest BCUT2D eigenvalue weighted by Crippen LogP contribution is 2.40. The number of nitrogens with one attached hydrogen (secondary N) is 1. The molecule has 2 aliphatic heterocycles. The van der Waals surface area contributed by atoms with Gasteiger partial charge in [0.25, 0.3) is 0 Å². The number of hydrogen-bond acceptors (Lipinski definition) is 6. The van der Waals surface area contributed by atoms with Gasteiger partial charge in [0.15, 0.2) is 0 Å². The minimum absolute atomic E-state index is 0.155. The van der Waals surface area contributed by atoms with Crippen molar-refractivity contribution >= 4 is 17.4 Å². The van der Waals surface area contributed by atoms with Crippen LogP contribution in [0.1, 0.15) is 45.7 Å². The summed E-state index contributed by atoms with van der Waals surface area (Å²) in [6.45, 7) is 10.1. The highest BCUT2D eigenvalue weighted by Gasteiger charge is 2.50. The fourth-order valence-electron chi connectivity index (χ4n) is 6.14. The lowest BCUT2D eigenvalue weighted by molar-refractivity contribution is 0.137. The number of nitrogens with zero attached hydrogens (tertiary/aromatic N) is 6. The minimum Gasteiger partial charge on any atom is -0.364 e. The highest BCUT2D eigenvalue weighted by molar-refractivity contribution is 5.69. The van der Waals surface area contributed by atoms with Crippen molar-refractivity contribution in [2.75, 3.05) is 16.8 Å². The standard InChI is InChI=1S/C28H33N7/c1-18(2)35-20(4)25-15-23(35)17-34(25)28-32-24(16-27-30-12-13-33(27)28)22-10-11-29-26(14-22)31-19(3)21-8-6-5-7-9-21/h5-14,16,18-20,23,25H,15,17H2,1-4H3,(H,29,31)/t19?,20?,23-,25-/m0/s1. The summed E-state index contributed by atoms with van der Waals surface area (Å²) in [5.41, 5.74) is 4.11. The van der Waals surface area contributed by atoms with E-state index in [0.717, 1.165) is 35.2 Å². The van der Waals surface area contributed by atoms with Crippen LogP contribution >= 0.6 is 0 Å². The van der Waals surface area contributed by atoms with Crippen LogP contribution in [-0.4, -0.2) is 55.0 Å². The van der Waals surface area contributed by atoms with E-state index in [2.05, 4.69) is 93.6 Å². The third-order valence-electron chi connectivity index (χ3n) is 7.71. The molecule has 0 amide bonds. The van der Waals surface area contributed by atoms with Crippen LogP contribution in [0.15, 0.2) is 67.1 Å². The Kier molecular flexibility index (Phi) is 5.44. The molecule has 2 saturated heterocycles. The predicted octanol–water partition coefficient (Wildman–Crippen LogP) is 5.02. The van der Waals surface area contributed by atoms with E-state index < -0.39 is 0 Å². The second-order valence-electron chi connectivity index (χ2n) is 10.2. The Morgan fingerprint density at radius 2 is 1.83 bits per heavy atom. The van der Waals surface area contributed by atoms with Crippen molar-refractivity contribution in [3.63, 3.8) is 0 Å². The first-order valence-corrected chi connectivity index (χ1v) is 12.7. The van der Waals surface area contributed by atoms with E-state index >= 15 is 0 Å². The Bertz CT molecular complexity index is 1330. The van der Waals surface area contributed by atoms with E-state index in [1.807, 2.05) is 30.7 Å². The number of piperazine rings is 1. The fourth-order valence-corrected chi connectivity index (χ4v) is 6.14. The molecule has 4 atom stereocenters. The summed E-state index contributed by atoms with van der Waals surface area (Å²) >= 11 is 0. The van der Waals surface area contributed by atoms with Gasteiger partial charge in [0.2, 0.25) is 5.95 Å². The molecule has 1 N–H and O–H groups in total. The predicted molar refractivity (Wildman–Crippen MR) is 141 cm³/mol. The molecule has 35 heavy (non-hydrogen) atoms. The van der Waals surface area contributed by atoms with Gasteiger partial charge in [-0.1, -0.05) is 30.3 Å². The summed E-state index contributed by atoms with van der Waals surface area (Å²) in [5, 5.41) is 3.54. The molecule has 2 unspecified atom stereocenters. The van der Waals surface area contributed by atoms with Crippen LogP contribution in [0, 0.1) is 0 Å². The lowest BCUT2D eigenvalue weighted by Gasteiger charge is -2.42. The van der Waals surface area contributed by atoms with Crippen molar-refractivity contribution < 1.29 is 0 Å². The SMILES string of the molecule is CC(Nc1cc(-c2cc3nccn3c(N3C[C@@H]4C[C@H]3C(C)N4C(C)C)n2)ccn1)c1ccccc1. The zero-order valence-electron chi connectivity index (χ0n) is 20.8. The van der Waals surface area contributed by atoms with Crippen molar-refractivity contribution in [1.29, 1.82) is 0 Å². The Labute approximate surface area is 206 Å². The van der Waals surface area contributed by atoms with Crippen molar-refractivity contribution in [1.82, 2.24) is 24.3 Å². The molecule has 0 spiro atoms. The average molecular weight is 468 g/mol. The average Bonchev–Trinajstić information content (AvgIpc) is 3.58. The summed E-state index contributed by atoms with van der Waals surface area (Å²) in [4.78, 5) is 19.6. The molecule has 4 aromatic rings. The molecule has 0 aliphatic carbocycles. The third kappa shape index (κ3) is 3.84. The second-order valence-corrected chi connectivity index (χ2v) is 10.2. The lowest BCUT2D eigenvalue weighted by Crippen LogP contribution is -2.54. The van der Waals surface area contributed by atoms with Crippen LogP contribution in [0.2, 0.25) is 0 Å². The number of likely N-dealkylation sites (tertiary alicyclic amines) is 1. The number of benzene rings is 1. The van der Waals surface area contributed by atoms with Crippen molar-refractivity contribution in [3.8, 4) is 11.3 Å². The summed E-state index contributed by atoms with van der Waals surface area (Å²) in [6, 6.07) is 18.9. The highest BCUT2D eigenvalue weighted by atomic mass is 15.4. The maximum Gasteiger partial charge on any atom is 0.212 e. The molecule has 3 aromatic heterocycles. The minimum atomic E-state index is 0.155. The van der Waals surface area contributed by atoms with Crippen LogP contribution in [0.5, 0.6) is 0 Å². The molecule has 2 fully saturated rings. The lowest BCUT2D eigenvalue weighted by atomic mass is 10.1. The Hall–Kier alpha value is -3.45. The molecule has 0 saturated carbocycles. The Morgan fingerprint density at radius 1 is 1.00 bits per heavy atom. The van der Waals surface area contributed by atoms with Gasteiger partial charge in [0, 0.05) is 67.0 Å². The summed E-state index contributed by atoms with van der Waals surface area (Å²) < 4.78 is 2.13. The molecule has 180 valence electrons. The number of aromatic nitrogens is 4. The van der Waals surface area contributed by atoms with E-state index in [1.165, 1.54) is 12.0 Å². The topological polar surface area (TPSA) is 61.6 Å². The first-order chi connectivity index (χ1) is 17.0. The molecule has 6 rings (SSSR count). The molecule has 5 heterocycles. The van der Waals surface area contributed by atoms with E-state index in [9.17, 15) is 0 Å². The number of imidazole rings is 1. The summed E-state index contributed by atoms with van der Waals surface area (Å²) in [7, 11) is 0. The van der Waals surface area contributed by atoms with Crippen molar-refractivity contribution in [3.05, 3.63) is 72.7 Å². The van der Waals surface area contributed by atoms with Gasteiger partial charge in [0.1, 0.15) is 11.5 Å². The molecule has 0 radical (unpaired) electrons. The maximum absolute atomic E-state index is 5.20. The molecule has 2 aliphatic rings. The van der Waals surface area contributed by atoms with Crippen molar-refractivity contribution in [2.24, 2.45) is 0 Å². The van der Waals surface area contributed by atoms with Gasteiger partial charge >= 0.3 is 0 Å². The summed E-state index contributed by atoms with van der Waals surface area (Å²) in [6.07, 6.45) is 6.94. The number of anilines is 2. The smallest absolute Gasteiger partial charge is 0.212 e.